The molecule has 1 aliphatic heterocycles. The van der Waals surface area contributed by atoms with Gasteiger partial charge in [-0.25, -0.2) is 10.3 Å². The van der Waals surface area contributed by atoms with Crippen molar-refractivity contribution < 1.29 is 14.7 Å². The molecule has 1 unspecified atom stereocenters. The predicted molar refractivity (Wildman–Crippen MR) is 41.9 cm³/mol. The van der Waals surface area contributed by atoms with E-state index in [4.69, 9.17) is 9.94 Å². The fraction of sp³-hybridized carbons (Fsp3) is 0.857. The van der Waals surface area contributed by atoms with E-state index in [-0.39, 0.29) is 6.04 Å². The molecular formula is C7H14N2O3. The van der Waals surface area contributed by atoms with Crippen molar-refractivity contribution in [2.24, 2.45) is 0 Å². The average molecular weight is 174 g/mol. The number of nitrogens with one attached hydrogen (secondary N) is 1. The van der Waals surface area contributed by atoms with Crippen LogP contribution in [-0.2, 0) is 4.74 Å². The normalized spacial score (nSPS) is 22.8. The molecule has 0 aromatic heterocycles. The van der Waals surface area contributed by atoms with Crippen LogP contribution in [0.25, 0.3) is 0 Å². The van der Waals surface area contributed by atoms with Crippen LogP contribution >= 0.6 is 0 Å². The Hall–Kier alpha value is -0.810. The van der Waals surface area contributed by atoms with Gasteiger partial charge in [0.2, 0.25) is 0 Å². The number of carbonyl (C=O) groups is 1. The van der Waals surface area contributed by atoms with E-state index < -0.39 is 6.03 Å². The second kappa shape index (κ2) is 4.27. The molecule has 5 heteroatoms. The first-order chi connectivity index (χ1) is 5.79. The number of nitrogens with zero attached hydrogens (tertiary/aromatic N) is 1. The molecule has 1 saturated heterocycles. The third-order valence-electron chi connectivity index (χ3n) is 2.09. The lowest BCUT2D eigenvalue weighted by molar-refractivity contribution is 0.0966. The number of amides is 2. The van der Waals surface area contributed by atoms with Crippen molar-refractivity contribution in [1.82, 2.24) is 10.4 Å². The highest BCUT2D eigenvalue weighted by Crippen LogP contribution is 2.16. The summed E-state index contributed by atoms with van der Waals surface area (Å²) in [6.07, 6.45) is 1.92. The van der Waals surface area contributed by atoms with Crippen LogP contribution in [0.5, 0.6) is 0 Å². The molecule has 0 bridgehead atoms. The number of rotatable bonds is 2. The lowest BCUT2D eigenvalue weighted by Crippen LogP contribution is -2.43. The molecular weight excluding hydrogens is 160 g/mol. The van der Waals surface area contributed by atoms with Gasteiger partial charge in [0.05, 0.1) is 12.6 Å². The summed E-state index contributed by atoms with van der Waals surface area (Å²) >= 11 is 0. The Bertz CT molecular complexity index is 163. The van der Waals surface area contributed by atoms with Gasteiger partial charge < -0.3 is 9.64 Å². The molecule has 0 aliphatic carbocycles. The van der Waals surface area contributed by atoms with Crippen molar-refractivity contribution in [3.05, 3.63) is 0 Å². The lowest BCUT2D eigenvalue weighted by Gasteiger charge is -2.22. The Kier molecular flexibility index (Phi) is 3.31. The lowest BCUT2D eigenvalue weighted by atomic mass is 10.2. The molecule has 0 aromatic rings. The van der Waals surface area contributed by atoms with Crippen LogP contribution in [0.4, 0.5) is 4.79 Å². The third-order valence-corrected chi connectivity index (χ3v) is 2.09. The van der Waals surface area contributed by atoms with Crippen molar-refractivity contribution >= 4 is 6.03 Å². The Balaban J connectivity index is 2.45. The summed E-state index contributed by atoms with van der Waals surface area (Å²) in [7, 11) is 1.60. The summed E-state index contributed by atoms with van der Waals surface area (Å²) in [6, 6.07) is -0.323. The fourth-order valence-electron chi connectivity index (χ4n) is 1.53. The largest absolute Gasteiger partial charge is 0.383 e. The van der Waals surface area contributed by atoms with Gasteiger partial charge in [-0.2, -0.15) is 0 Å². The zero-order valence-electron chi connectivity index (χ0n) is 7.12. The van der Waals surface area contributed by atoms with Gasteiger partial charge in [0.25, 0.3) is 0 Å². The average Bonchev–Trinajstić information content (AvgIpc) is 2.52. The minimum atomic E-state index is -0.436. The van der Waals surface area contributed by atoms with E-state index in [2.05, 4.69) is 0 Å². The summed E-state index contributed by atoms with van der Waals surface area (Å²) in [6.45, 7) is 1.23. The molecule has 0 aromatic carbocycles. The zero-order chi connectivity index (χ0) is 8.97. The Morgan fingerprint density at radius 1 is 1.83 bits per heavy atom. The number of likely N-dealkylation sites (tertiary alicyclic amines) is 1. The SMILES string of the molecule is COCC1CCCN1C(=O)NO. The molecule has 0 spiro atoms. The molecule has 1 heterocycles. The highest BCUT2D eigenvalue weighted by atomic mass is 16.5. The van der Waals surface area contributed by atoms with Gasteiger partial charge in [0.15, 0.2) is 0 Å². The van der Waals surface area contributed by atoms with Crippen LogP contribution in [0, 0.1) is 0 Å². The van der Waals surface area contributed by atoms with Gasteiger partial charge in [0, 0.05) is 13.7 Å². The maximum Gasteiger partial charge on any atom is 0.341 e. The molecule has 1 rings (SSSR count). The van der Waals surface area contributed by atoms with Gasteiger partial charge in [0.1, 0.15) is 0 Å². The van der Waals surface area contributed by atoms with Gasteiger partial charge in [-0.05, 0) is 12.8 Å². The molecule has 0 radical (unpaired) electrons. The quantitative estimate of drug-likeness (QED) is 0.464. The molecule has 0 saturated carbocycles. The Morgan fingerprint density at radius 3 is 3.17 bits per heavy atom. The smallest absolute Gasteiger partial charge is 0.341 e. The van der Waals surface area contributed by atoms with Gasteiger partial charge in [-0.1, -0.05) is 0 Å². The number of hydrogen-bond acceptors (Lipinski definition) is 3. The first kappa shape index (κ1) is 9.28. The first-order valence-electron chi connectivity index (χ1n) is 3.99. The summed E-state index contributed by atoms with van der Waals surface area (Å²) in [5.74, 6) is 0. The van der Waals surface area contributed by atoms with Crippen LogP contribution in [0.15, 0.2) is 0 Å². The van der Waals surface area contributed by atoms with Crippen LogP contribution in [0.2, 0.25) is 0 Å². The maximum atomic E-state index is 11.0. The van der Waals surface area contributed by atoms with Crippen molar-refractivity contribution in [2.45, 2.75) is 18.9 Å². The molecule has 1 aliphatic rings. The summed E-state index contributed by atoms with van der Waals surface area (Å²) in [5, 5.41) is 8.40. The number of urea groups is 1. The molecule has 12 heavy (non-hydrogen) atoms. The van der Waals surface area contributed by atoms with Crippen LogP contribution in [-0.4, -0.2) is 42.4 Å². The van der Waals surface area contributed by atoms with E-state index in [1.807, 2.05) is 0 Å². The molecule has 70 valence electrons. The van der Waals surface area contributed by atoms with Crippen LogP contribution < -0.4 is 5.48 Å². The van der Waals surface area contributed by atoms with E-state index in [9.17, 15) is 4.79 Å². The van der Waals surface area contributed by atoms with Gasteiger partial charge >= 0.3 is 6.03 Å². The molecule has 2 N–H and O–H groups in total. The third kappa shape index (κ3) is 1.86. The predicted octanol–water partition coefficient (Wildman–Crippen LogP) is 0.196. The first-order valence-corrected chi connectivity index (χ1v) is 3.99. The van der Waals surface area contributed by atoms with Crippen molar-refractivity contribution in [2.75, 3.05) is 20.3 Å². The zero-order valence-corrected chi connectivity index (χ0v) is 7.12. The van der Waals surface area contributed by atoms with E-state index >= 15 is 0 Å². The minimum absolute atomic E-state index is 0.113. The number of hydrogen-bond donors (Lipinski definition) is 2. The van der Waals surface area contributed by atoms with Gasteiger partial charge in [-0.15, -0.1) is 0 Å². The summed E-state index contributed by atoms with van der Waals surface area (Å²) in [4.78, 5) is 12.6. The fourth-order valence-corrected chi connectivity index (χ4v) is 1.53. The number of hydroxylamine groups is 1. The van der Waals surface area contributed by atoms with E-state index in [0.29, 0.717) is 13.2 Å². The second-order valence-corrected chi connectivity index (χ2v) is 2.86. The summed E-state index contributed by atoms with van der Waals surface area (Å²) < 4.78 is 4.95. The van der Waals surface area contributed by atoms with Crippen LogP contribution in [0.1, 0.15) is 12.8 Å². The van der Waals surface area contributed by atoms with Crippen molar-refractivity contribution in [1.29, 1.82) is 0 Å². The van der Waals surface area contributed by atoms with Crippen LogP contribution in [0.3, 0.4) is 0 Å². The Labute approximate surface area is 71.3 Å². The highest BCUT2D eigenvalue weighted by Gasteiger charge is 2.28. The van der Waals surface area contributed by atoms with Crippen molar-refractivity contribution in [3.8, 4) is 0 Å². The topological polar surface area (TPSA) is 61.8 Å². The molecule has 5 nitrogen and oxygen atoms in total. The van der Waals surface area contributed by atoms with E-state index in [1.54, 1.807) is 17.5 Å². The van der Waals surface area contributed by atoms with E-state index in [0.717, 1.165) is 12.8 Å². The minimum Gasteiger partial charge on any atom is -0.383 e. The number of carbonyl (C=O) groups excluding carboxylic acids is 1. The molecule has 1 atom stereocenters. The highest BCUT2D eigenvalue weighted by molar-refractivity contribution is 5.73. The monoisotopic (exact) mass is 174 g/mol. The Morgan fingerprint density at radius 2 is 2.58 bits per heavy atom. The maximum absolute atomic E-state index is 11.0. The standard InChI is InChI=1S/C7H14N2O3/c1-12-5-6-3-2-4-9(6)7(10)8-11/h6,11H,2-5H2,1H3,(H,8,10). The van der Waals surface area contributed by atoms with E-state index in [1.165, 1.54) is 0 Å². The molecule has 2 amide bonds. The number of ether oxygens (including phenoxy) is 1. The summed E-state index contributed by atoms with van der Waals surface area (Å²) in [5.41, 5.74) is 1.63. The van der Waals surface area contributed by atoms with Crippen molar-refractivity contribution in [3.63, 3.8) is 0 Å². The van der Waals surface area contributed by atoms with Gasteiger partial charge in [-0.3, -0.25) is 5.21 Å². The second-order valence-electron chi connectivity index (χ2n) is 2.86. The molecule has 1 fully saturated rings. The number of methoxy groups -OCH3 is 1.